The van der Waals surface area contributed by atoms with E-state index in [4.69, 9.17) is 21.1 Å². The lowest BCUT2D eigenvalue weighted by Crippen LogP contribution is -2.17. The first kappa shape index (κ1) is 23.2. The SMILES string of the molecule is COc1cc(/C=N\NC(=O)c2cccc([N+](=O)[O-])c2)cc(Br)c1OCc1ccc(Cl)cc1. The van der Waals surface area contributed by atoms with Gasteiger partial charge < -0.3 is 9.47 Å². The zero-order valence-corrected chi connectivity index (χ0v) is 19.1. The van der Waals surface area contributed by atoms with E-state index in [9.17, 15) is 14.9 Å². The molecule has 8 nitrogen and oxygen atoms in total. The number of nitro benzene ring substituents is 1. The van der Waals surface area contributed by atoms with Crippen molar-refractivity contribution in [2.45, 2.75) is 6.61 Å². The molecular weight excluding hydrogens is 502 g/mol. The normalized spacial score (nSPS) is 10.7. The highest BCUT2D eigenvalue weighted by molar-refractivity contribution is 9.10. The smallest absolute Gasteiger partial charge is 0.271 e. The summed E-state index contributed by atoms with van der Waals surface area (Å²) >= 11 is 9.36. The summed E-state index contributed by atoms with van der Waals surface area (Å²) in [6.07, 6.45) is 1.42. The lowest BCUT2D eigenvalue weighted by Gasteiger charge is -2.13. The molecule has 1 amide bonds. The van der Waals surface area contributed by atoms with Crippen LogP contribution in [-0.4, -0.2) is 24.2 Å². The molecule has 0 unspecified atom stereocenters. The number of methoxy groups -OCH3 is 1. The maximum Gasteiger partial charge on any atom is 0.271 e. The molecule has 0 aliphatic rings. The van der Waals surface area contributed by atoms with Crippen LogP contribution in [0.3, 0.4) is 0 Å². The summed E-state index contributed by atoms with van der Waals surface area (Å²) in [7, 11) is 1.52. The lowest BCUT2D eigenvalue weighted by molar-refractivity contribution is -0.384. The van der Waals surface area contributed by atoms with Gasteiger partial charge in [-0.25, -0.2) is 5.43 Å². The zero-order chi connectivity index (χ0) is 23.1. The molecular formula is C22H17BrClN3O5. The predicted octanol–water partition coefficient (Wildman–Crippen LogP) is 5.36. The number of hydrazone groups is 1. The third-order valence-corrected chi connectivity index (χ3v) is 5.09. The van der Waals surface area contributed by atoms with Crippen LogP contribution in [-0.2, 0) is 6.61 Å². The fourth-order valence-corrected chi connectivity index (χ4v) is 3.38. The van der Waals surface area contributed by atoms with Gasteiger partial charge in [-0.15, -0.1) is 0 Å². The van der Waals surface area contributed by atoms with Gasteiger partial charge in [0.2, 0.25) is 0 Å². The largest absolute Gasteiger partial charge is 0.493 e. The Kier molecular flexibility index (Phi) is 7.80. The number of hydrogen-bond donors (Lipinski definition) is 1. The molecule has 0 saturated carbocycles. The van der Waals surface area contributed by atoms with Crippen molar-refractivity contribution in [2.75, 3.05) is 7.11 Å². The molecule has 0 aliphatic carbocycles. The Morgan fingerprint density at radius 3 is 2.66 bits per heavy atom. The van der Waals surface area contributed by atoms with Crippen LogP contribution in [0.4, 0.5) is 5.69 Å². The number of benzene rings is 3. The average molecular weight is 519 g/mol. The van der Waals surface area contributed by atoms with Crippen molar-refractivity contribution in [1.82, 2.24) is 5.43 Å². The average Bonchev–Trinajstić information content (AvgIpc) is 2.79. The molecule has 0 bridgehead atoms. The first-order chi connectivity index (χ1) is 15.4. The maximum absolute atomic E-state index is 12.2. The van der Waals surface area contributed by atoms with Crippen molar-refractivity contribution >= 4 is 45.3 Å². The van der Waals surface area contributed by atoms with E-state index < -0.39 is 10.8 Å². The minimum atomic E-state index is -0.570. The number of hydrogen-bond acceptors (Lipinski definition) is 6. The van der Waals surface area contributed by atoms with E-state index in [0.717, 1.165) is 5.56 Å². The van der Waals surface area contributed by atoms with E-state index in [0.29, 0.717) is 33.2 Å². The second-order valence-corrected chi connectivity index (χ2v) is 7.75. The summed E-state index contributed by atoms with van der Waals surface area (Å²) in [6.45, 7) is 0.318. The second-order valence-electron chi connectivity index (χ2n) is 6.46. The third kappa shape index (κ3) is 6.05. The molecule has 3 aromatic rings. The quantitative estimate of drug-likeness (QED) is 0.246. The molecule has 0 fully saturated rings. The van der Waals surface area contributed by atoms with Gasteiger partial charge in [0.25, 0.3) is 11.6 Å². The summed E-state index contributed by atoms with van der Waals surface area (Å²) in [5.41, 5.74) is 3.87. The lowest BCUT2D eigenvalue weighted by atomic mass is 10.2. The molecule has 3 aromatic carbocycles. The Bertz CT molecular complexity index is 1170. The van der Waals surface area contributed by atoms with E-state index in [1.54, 1.807) is 24.3 Å². The van der Waals surface area contributed by atoms with Crippen LogP contribution in [0, 0.1) is 10.1 Å². The highest BCUT2D eigenvalue weighted by Crippen LogP contribution is 2.37. The number of non-ortho nitro benzene ring substituents is 1. The fraction of sp³-hybridized carbons (Fsp3) is 0.0909. The van der Waals surface area contributed by atoms with E-state index in [1.165, 1.54) is 37.6 Å². The molecule has 0 heterocycles. The van der Waals surface area contributed by atoms with Gasteiger partial charge in [0.1, 0.15) is 6.61 Å². The van der Waals surface area contributed by atoms with Gasteiger partial charge in [-0.1, -0.05) is 29.8 Å². The number of carbonyl (C=O) groups excluding carboxylic acids is 1. The Morgan fingerprint density at radius 1 is 1.22 bits per heavy atom. The van der Waals surface area contributed by atoms with Crippen LogP contribution >= 0.6 is 27.5 Å². The van der Waals surface area contributed by atoms with E-state index in [1.807, 2.05) is 12.1 Å². The molecule has 1 N–H and O–H groups in total. The monoisotopic (exact) mass is 517 g/mol. The molecule has 0 saturated heterocycles. The molecule has 10 heteroatoms. The van der Waals surface area contributed by atoms with Gasteiger partial charge in [-0.05, 0) is 57.4 Å². The summed E-state index contributed by atoms with van der Waals surface area (Å²) in [5, 5.41) is 15.4. The van der Waals surface area contributed by atoms with Crippen molar-refractivity contribution in [3.63, 3.8) is 0 Å². The van der Waals surface area contributed by atoms with E-state index >= 15 is 0 Å². The molecule has 0 spiro atoms. The molecule has 164 valence electrons. The number of nitrogens with one attached hydrogen (secondary N) is 1. The molecule has 0 atom stereocenters. The maximum atomic E-state index is 12.2. The van der Waals surface area contributed by atoms with Gasteiger partial charge >= 0.3 is 0 Å². The minimum Gasteiger partial charge on any atom is -0.493 e. The van der Waals surface area contributed by atoms with Gasteiger partial charge in [0.15, 0.2) is 11.5 Å². The van der Waals surface area contributed by atoms with Crippen molar-refractivity contribution in [1.29, 1.82) is 0 Å². The molecule has 0 radical (unpaired) electrons. The van der Waals surface area contributed by atoms with Gasteiger partial charge in [-0.3, -0.25) is 14.9 Å². The van der Waals surface area contributed by atoms with Crippen molar-refractivity contribution < 1.29 is 19.2 Å². The summed E-state index contributed by atoms with van der Waals surface area (Å²) < 4.78 is 11.9. The second kappa shape index (κ2) is 10.7. The van der Waals surface area contributed by atoms with Crippen LogP contribution in [0.5, 0.6) is 11.5 Å². The summed E-state index contributed by atoms with van der Waals surface area (Å²) in [6, 6.07) is 16.1. The van der Waals surface area contributed by atoms with Gasteiger partial charge in [0, 0.05) is 22.7 Å². The number of nitro groups is 1. The fourth-order valence-electron chi connectivity index (χ4n) is 2.68. The molecule has 3 rings (SSSR count). The molecule has 0 aromatic heterocycles. The zero-order valence-electron chi connectivity index (χ0n) is 16.7. The molecule has 32 heavy (non-hydrogen) atoms. The van der Waals surface area contributed by atoms with Crippen LogP contribution in [0.25, 0.3) is 0 Å². The standard InChI is InChI=1S/C22H17BrClN3O5/c1-31-20-10-15(9-19(23)21(20)32-13-14-5-7-17(24)8-6-14)12-25-26-22(28)16-3-2-4-18(11-16)27(29)30/h2-12H,13H2,1H3,(H,26,28)/b25-12-. The van der Waals surface area contributed by atoms with Gasteiger partial charge in [0.05, 0.1) is 22.7 Å². The first-order valence-corrected chi connectivity index (χ1v) is 10.4. The number of amides is 1. The Hall–Kier alpha value is -3.43. The predicted molar refractivity (Wildman–Crippen MR) is 125 cm³/mol. The van der Waals surface area contributed by atoms with Crippen molar-refractivity contribution in [3.8, 4) is 11.5 Å². The molecule has 0 aliphatic heterocycles. The number of nitrogens with zero attached hydrogens (tertiary/aromatic N) is 2. The number of rotatable bonds is 8. The van der Waals surface area contributed by atoms with Crippen LogP contribution in [0.15, 0.2) is 70.2 Å². The van der Waals surface area contributed by atoms with Crippen LogP contribution in [0.1, 0.15) is 21.5 Å². The Balaban J connectivity index is 1.69. The number of halogens is 2. The minimum absolute atomic E-state index is 0.126. The number of ether oxygens (including phenoxy) is 2. The Morgan fingerprint density at radius 2 is 1.97 bits per heavy atom. The van der Waals surface area contributed by atoms with Gasteiger partial charge in [-0.2, -0.15) is 5.10 Å². The van der Waals surface area contributed by atoms with Crippen LogP contribution < -0.4 is 14.9 Å². The number of carbonyl (C=O) groups is 1. The topological polar surface area (TPSA) is 103 Å². The first-order valence-electron chi connectivity index (χ1n) is 9.20. The summed E-state index contributed by atoms with van der Waals surface area (Å²) in [5.74, 6) is 0.416. The highest BCUT2D eigenvalue weighted by Gasteiger charge is 2.13. The Labute approximate surface area is 197 Å². The third-order valence-electron chi connectivity index (χ3n) is 4.25. The van der Waals surface area contributed by atoms with Crippen molar-refractivity contribution in [2.24, 2.45) is 5.10 Å². The van der Waals surface area contributed by atoms with Crippen molar-refractivity contribution in [3.05, 3.63) is 97.0 Å². The van der Waals surface area contributed by atoms with E-state index in [-0.39, 0.29) is 11.3 Å². The van der Waals surface area contributed by atoms with Crippen LogP contribution in [0.2, 0.25) is 5.02 Å². The summed E-state index contributed by atoms with van der Waals surface area (Å²) in [4.78, 5) is 22.5. The van der Waals surface area contributed by atoms with E-state index in [2.05, 4.69) is 26.5 Å². The highest BCUT2D eigenvalue weighted by atomic mass is 79.9.